The third-order valence-electron chi connectivity index (χ3n) is 3.63. The zero-order valence-electron chi connectivity index (χ0n) is 12.9. The van der Waals surface area contributed by atoms with Crippen LogP contribution in [-0.4, -0.2) is 27.4 Å². The number of carbonyl (C=O) groups is 1. The monoisotopic (exact) mass is 317 g/mol. The van der Waals surface area contributed by atoms with Gasteiger partial charge >= 0.3 is 5.97 Å². The largest absolute Gasteiger partial charge is 0.463 e. The molecule has 23 heavy (non-hydrogen) atoms. The normalized spacial score (nSPS) is 11.1. The molecule has 120 valence electrons. The van der Waals surface area contributed by atoms with Crippen molar-refractivity contribution in [3.8, 4) is 0 Å². The third kappa shape index (κ3) is 2.37. The Labute approximate surface area is 129 Å². The number of hydrogen-bond acceptors (Lipinski definition) is 5. The van der Waals surface area contributed by atoms with Crippen molar-refractivity contribution in [2.45, 2.75) is 13.5 Å². The molecule has 0 spiro atoms. The van der Waals surface area contributed by atoms with E-state index in [2.05, 4.69) is 9.84 Å². The van der Waals surface area contributed by atoms with E-state index in [0.29, 0.717) is 17.0 Å². The van der Waals surface area contributed by atoms with Crippen LogP contribution in [0.25, 0.3) is 11.0 Å². The number of furan rings is 1. The van der Waals surface area contributed by atoms with E-state index in [1.165, 1.54) is 17.9 Å². The van der Waals surface area contributed by atoms with Gasteiger partial charge in [0.1, 0.15) is 16.8 Å². The Hall–Kier alpha value is -3.03. The van der Waals surface area contributed by atoms with Gasteiger partial charge < -0.3 is 13.7 Å². The average molecular weight is 317 g/mol. The smallest absolute Gasteiger partial charge is 0.374 e. The number of hydrogen-bond donors (Lipinski definition) is 1. The second-order valence-electron chi connectivity index (χ2n) is 5.22. The number of rotatable bonds is 3. The van der Waals surface area contributed by atoms with Crippen LogP contribution in [-0.2, 0) is 18.3 Å². The molecule has 1 N–H and O–H groups in total. The van der Waals surface area contributed by atoms with Crippen LogP contribution in [0, 0.1) is 6.92 Å². The summed E-state index contributed by atoms with van der Waals surface area (Å²) in [5, 5.41) is 2.65. The first kappa shape index (κ1) is 14.9. The van der Waals surface area contributed by atoms with Crippen LogP contribution in [0.2, 0.25) is 0 Å². The third-order valence-corrected chi connectivity index (χ3v) is 3.63. The summed E-state index contributed by atoms with van der Waals surface area (Å²) in [4.78, 5) is 35.3. The van der Waals surface area contributed by atoms with Crippen molar-refractivity contribution in [3.63, 3.8) is 0 Å². The van der Waals surface area contributed by atoms with E-state index in [1.807, 2.05) is 0 Å². The highest BCUT2D eigenvalue weighted by atomic mass is 16.5. The summed E-state index contributed by atoms with van der Waals surface area (Å²) in [5.74, 6) is 0.108. The summed E-state index contributed by atoms with van der Waals surface area (Å²) < 4.78 is 13.4. The standard InChI is InChI=1S/C15H15N3O5/c1-8-6-9(23-12(8)15(21)22-3)7-18-5-4-10(19)11-13(20)16-17(2)14(11)18/h4-6H,7H2,1-3H3,(H,16,20). The van der Waals surface area contributed by atoms with Gasteiger partial charge in [0, 0.05) is 24.9 Å². The highest BCUT2D eigenvalue weighted by molar-refractivity contribution is 5.87. The Kier molecular flexibility index (Phi) is 3.44. The molecule has 0 amide bonds. The molecule has 8 nitrogen and oxygen atoms in total. The summed E-state index contributed by atoms with van der Waals surface area (Å²) in [6, 6.07) is 3.05. The van der Waals surface area contributed by atoms with E-state index < -0.39 is 11.5 Å². The molecule has 0 aromatic carbocycles. The quantitative estimate of drug-likeness (QED) is 0.719. The number of methoxy groups -OCH3 is 1. The number of H-pyrrole nitrogens is 1. The molecule has 3 rings (SSSR count). The number of pyridine rings is 1. The molecule has 0 unspecified atom stereocenters. The molecule has 3 heterocycles. The van der Waals surface area contributed by atoms with Crippen molar-refractivity contribution < 1.29 is 13.9 Å². The maximum atomic E-state index is 11.9. The van der Waals surface area contributed by atoms with Gasteiger partial charge in [-0.3, -0.25) is 19.4 Å². The lowest BCUT2D eigenvalue weighted by Gasteiger charge is -2.07. The highest BCUT2D eigenvalue weighted by Gasteiger charge is 2.18. The number of esters is 1. The van der Waals surface area contributed by atoms with Crippen molar-refractivity contribution in [3.05, 3.63) is 56.0 Å². The fraction of sp³-hybridized carbons (Fsp3) is 0.267. The molecule has 0 aliphatic carbocycles. The van der Waals surface area contributed by atoms with Crippen molar-refractivity contribution in [2.75, 3.05) is 7.11 Å². The first-order valence-corrected chi connectivity index (χ1v) is 6.88. The van der Waals surface area contributed by atoms with E-state index in [1.54, 1.807) is 30.8 Å². The van der Waals surface area contributed by atoms with E-state index in [0.717, 1.165) is 0 Å². The topological polar surface area (TPSA) is 99.2 Å². The number of ether oxygens (including phenoxy) is 1. The van der Waals surface area contributed by atoms with Gasteiger partial charge in [-0.15, -0.1) is 0 Å². The van der Waals surface area contributed by atoms with E-state index >= 15 is 0 Å². The highest BCUT2D eigenvalue weighted by Crippen LogP contribution is 2.17. The van der Waals surface area contributed by atoms with Crippen LogP contribution in [0.5, 0.6) is 0 Å². The maximum Gasteiger partial charge on any atom is 0.374 e. The SMILES string of the molecule is COC(=O)c1oc(Cn2ccc(=O)c3c(=O)[nH]n(C)c32)cc1C. The Morgan fingerprint density at radius 1 is 1.39 bits per heavy atom. The molecule has 0 radical (unpaired) electrons. The minimum Gasteiger partial charge on any atom is -0.463 e. The van der Waals surface area contributed by atoms with Crippen LogP contribution in [0.4, 0.5) is 0 Å². The van der Waals surface area contributed by atoms with Crippen LogP contribution >= 0.6 is 0 Å². The molecular weight excluding hydrogens is 302 g/mol. The Morgan fingerprint density at radius 3 is 2.83 bits per heavy atom. The first-order valence-electron chi connectivity index (χ1n) is 6.88. The van der Waals surface area contributed by atoms with Gasteiger partial charge in [0.15, 0.2) is 5.43 Å². The minimum atomic E-state index is -0.548. The zero-order chi connectivity index (χ0) is 16.7. The Balaban J connectivity index is 2.10. The molecule has 0 saturated heterocycles. The molecule has 8 heteroatoms. The second kappa shape index (κ2) is 5.31. The minimum absolute atomic E-state index is 0.0893. The van der Waals surface area contributed by atoms with Gasteiger partial charge in [0.05, 0.1) is 13.7 Å². The Morgan fingerprint density at radius 2 is 2.13 bits per heavy atom. The molecular formula is C15H15N3O5. The lowest BCUT2D eigenvalue weighted by molar-refractivity contribution is 0.0561. The van der Waals surface area contributed by atoms with Crippen LogP contribution < -0.4 is 11.0 Å². The van der Waals surface area contributed by atoms with Gasteiger partial charge in [-0.25, -0.2) is 4.79 Å². The van der Waals surface area contributed by atoms with Gasteiger partial charge in [-0.1, -0.05) is 0 Å². The Bertz CT molecular complexity index is 1020. The lowest BCUT2D eigenvalue weighted by atomic mass is 10.2. The van der Waals surface area contributed by atoms with Gasteiger partial charge in [-0.2, -0.15) is 0 Å². The average Bonchev–Trinajstić information content (AvgIpc) is 3.02. The summed E-state index contributed by atoms with van der Waals surface area (Å²) in [5.41, 5.74) is 0.333. The van der Waals surface area contributed by atoms with Gasteiger partial charge in [0.25, 0.3) is 5.56 Å². The number of aromatic amines is 1. The maximum absolute atomic E-state index is 11.9. The molecule has 3 aromatic rings. The fourth-order valence-electron chi connectivity index (χ4n) is 2.62. The first-order chi connectivity index (χ1) is 10.9. The number of aromatic nitrogens is 3. The predicted molar refractivity (Wildman–Crippen MR) is 81.7 cm³/mol. The number of nitrogens with zero attached hydrogens (tertiary/aromatic N) is 2. The summed E-state index contributed by atoms with van der Waals surface area (Å²) in [7, 11) is 2.93. The van der Waals surface area contributed by atoms with Crippen LogP contribution in [0.1, 0.15) is 21.9 Å². The summed E-state index contributed by atoms with van der Waals surface area (Å²) in [6.07, 6.45) is 1.58. The van der Waals surface area contributed by atoms with E-state index in [4.69, 9.17) is 4.42 Å². The molecule has 0 atom stereocenters. The van der Waals surface area contributed by atoms with Crippen molar-refractivity contribution in [2.24, 2.45) is 7.05 Å². The van der Waals surface area contributed by atoms with E-state index in [9.17, 15) is 14.4 Å². The molecule has 0 bridgehead atoms. The molecule has 3 aromatic heterocycles. The second-order valence-corrected chi connectivity index (χ2v) is 5.22. The molecule has 0 aliphatic heterocycles. The number of nitrogens with one attached hydrogen (secondary N) is 1. The predicted octanol–water partition coefficient (Wildman–Crippen LogP) is 0.765. The van der Waals surface area contributed by atoms with Crippen LogP contribution in [0.15, 0.2) is 32.3 Å². The lowest BCUT2D eigenvalue weighted by Crippen LogP contribution is -2.13. The van der Waals surface area contributed by atoms with Crippen molar-refractivity contribution >= 4 is 17.0 Å². The van der Waals surface area contributed by atoms with Gasteiger partial charge in [-0.05, 0) is 13.0 Å². The van der Waals surface area contributed by atoms with Crippen LogP contribution in [0.3, 0.4) is 0 Å². The van der Waals surface area contributed by atoms with Gasteiger partial charge in [0.2, 0.25) is 5.76 Å². The number of aryl methyl sites for hydroxylation is 2. The summed E-state index contributed by atoms with van der Waals surface area (Å²) >= 11 is 0. The molecule has 0 fully saturated rings. The zero-order valence-corrected chi connectivity index (χ0v) is 12.9. The fourth-order valence-corrected chi connectivity index (χ4v) is 2.62. The molecule has 0 saturated carbocycles. The number of fused-ring (bicyclic) bond motifs is 1. The molecule has 0 aliphatic rings. The number of carbonyl (C=O) groups excluding carboxylic acids is 1. The van der Waals surface area contributed by atoms with Crippen molar-refractivity contribution in [1.29, 1.82) is 0 Å². The van der Waals surface area contributed by atoms with Crippen molar-refractivity contribution in [1.82, 2.24) is 14.3 Å². The summed E-state index contributed by atoms with van der Waals surface area (Å²) in [6.45, 7) is 2.01. The van der Waals surface area contributed by atoms with E-state index in [-0.39, 0.29) is 23.1 Å².